The molecule has 2 aromatic heterocycles. The van der Waals surface area contributed by atoms with Crippen molar-refractivity contribution in [3.8, 4) is 23.1 Å². The zero-order chi connectivity index (χ0) is 14.1. The molecule has 20 heavy (non-hydrogen) atoms. The van der Waals surface area contributed by atoms with Crippen LogP contribution < -0.4 is 5.73 Å². The first-order chi connectivity index (χ1) is 9.63. The minimum atomic E-state index is -0.483. The maximum Gasteiger partial charge on any atom is 0.295 e. The fraction of sp³-hybridized carbons (Fsp3) is 0. The number of nitrogens with zero attached hydrogens (tertiary/aromatic N) is 5. The van der Waals surface area contributed by atoms with E-state index in [-0.39, 0.29) is 29.2 Å². The Morgan fingerprint density at radius 2 is 2.00 bits per heavy atom. The molecule has 0 aliphatic heterocycles. The predicted molar refractivity (Wildman–Crippen MR) is 66.2 cm³/mol. The zero-order valence-corrected chi connectivity index (χ0v) is 9.85. The van der Waals surface area contributed by atoms with Crippen LogP contribution in [-0.2, 0) is 0 Å². The number of H-pyrrole nitrogens is 1. The Bertz CT molecular complexity index is 761. The quantitative estimate of drug-likeness (QED) is 0.530. The van der Waals surface area contributed by atoms with Gasteiger partial charge in [-0.05, 0) is 12.1 Å². The maximum atomic E-state index is 10.6. The first kappa shape index (κ1) is 11.8. The molecule has 0 radical (unpaired) electrons. The topological polar surface area (TPSA) is 150 Å². The van der Waals surface area contributed by atoms with Gasteiger partial charge in [-0.2, -0.15) is 9.97 Å². The van der Waals surface area contributed by atoms with Gasteiger partial charge in [-0.3, -0.25) is 15.2 Å². The molecule has 0 saturated carbocycles. The number of hydrogen-bond donors (Lipinski definition) is 2. The molecule has 0 aliphatic rings. The van der Waals surface area contributed by atoms with E-state index in [0.29, 0.717) is 5.56 Å². The molecule has 0 aliphatic carbocycles. The van der Waals surface area contributed by atoms with Crippen LogP contribution in [0, 0.1) is 10.1 Å². The van der Waals surface area contributed by atoms with Crippen LogP contribution in [-0.4, -0.2) is 30.2 Å². The number of rotatable bonds is 3. The molecule has 0 atom stereocenters. The standard InChI is InChI=1S/C10H7N7O3/c11-10-13-8(14-15-10)9-12-7(16-20-9)5-1-3-6(4-2-5)17(18)19/h1-4H,(H3,11,13,14,15). The average molecular weight is 273 g/mol. The number of benzene rings is 1. The fourth-order valence-corrected chi connectivity index (χ4v) is 1.54. The number of nitrogens with two attached hydrogens (primary N) is 1. The zero-order valence-electron chi connectivity index (χ0n) is 9.85. The molecule has 3 aromatic rings. The number of anilines is 1. The average Bonchev–Trinajstić information content (AvgIpc) is 3.07. The van der Waals surface area contributed by atoms with Gasteiger partial charge in [0.05, 0.1) is 4.92 Å². The Balaban J connectivity index is 1.91. The largest absolute Gasteiger partial charge is 0.366 e. The Kier molecular flexibility index (Phi) is 2.60. The summed E-state index contributed by atoms with van der Waals surface area (Å²) in [6, 6.07) is 5.78. The summed E-state index contributed by atoms with van der Waals surface area (Å²) in [4.78, 5) is 18.0. The Morgan fingerprint density at radius 1 is 1.25 bits per heavy atom. The monoisotopic (exact) mass is 273 g/mol. The summed E-state index contributed by atoms with van der Waals surface area (Å²) in [5.74, 6) is 0.727. The molecule has 0 spiro atoms. The molecule has 10 nitrogen and oxygen atoms in total. The van der Waals surface area contributed by atoms with Crippen LogP contribution >= 0.6 is 0 Å². The van der Waals surface area contributed by atoms with Gasteiger partial charge >= 0.3 is 0 Å². The highest BCUT2D eigenvalue weighted by Crippen LogP contribution is 2.22. The van der Waals surface area contributed by atoms with E-state index in [1.54, 1.807) is 0 Å². The molecule has 0 unspecified atom stereocenters. The molecule has 0 saturated heterocycles. The number of non-ortho nitro benzene ring substituents is 1. The number of nitro groups is 1. The van der Waals surface area contributed by atoms with Gasteiger partial charge in [0.15, 0.2) is 0 Å². The summed E-state index contributed by atoms with van der Waals surface area (Å²) in [6.45, 7) is 0. The van der Waals surface area contributed by atoms with Crippen LogP contribution in [0.3, 0.4) is 0 Å². The summed E-state index contributed by atoms with van der Waals surface area (Å²) in [7, 11) is 0. The van der Waals surface area contributed by atoms with E-state index in [1.807, 2.05) is 0 Å². The second-order valence-electron chi connectivity index (χ2n) is 3.77. The molecule has 10 heteroatoms. The molecule has 1 aromatic carbocycles. The first-order valence-corrected chi connectivity index (χ1v) is 5.40. The van der Waals surface area contributed by atoms with Crippen molar-refractivity contribution >= 4 is 11.6 Å². The number of nitrogens with one attached hydrogen (secondary N) is 1. The summed E-state index contributed by atoms with van der Waals surface area (Å²) in [5, 5.41) is 20.5. The molecule has 100 valence electrons. The van der Waals surface area contributed by atoms with Crippen molar-refractivity contribution in [3.63, 3.8) is 0 Å². The summed E-state index contributed by atoms with van der Waals surface area (Å²) in [6.07, 6.45) is 0. The van der Waals surface area contributed by atoms with Gasteiger partial charge in [-0.15, -0.1) is 5.10 Å². The Hall–Kier alpha value is -3.30. The number of nitro benzene ring substituents is 1. The first-order valence-electron chi connectivity index (χ1n) is 5.40. The van der Waals surface area contributed by atoms with E-state index in [1.165, 1.54) is 24.3 Å². The maximum absolute atomic E-state index is 10.6. The summed E-state index contributed by atoms with van der Waals surface area (Å²) in [5.41, 5.74) is 5.94. The predicted octanol–water partition coefficient (Wildman–Crippen LogP) is 1.01. The smallest absolute Gasteiger partial charge is 0.295 e. The molecule has 3 rings (SSSR count). The minimum Gasteiger partial charge on any atom is -0.366 e. The molecular weight excluding hydrogens is 266 g/mol. The van der Waals surface area contributed by atoms with Crippen molar-refractivity contribution in [1.82, 2.24) is 25.3 Å². The van der Waals surface area contributed by atoms with Crippen molar-refractivity contribution in [2.75, 3.05) is 5.73 Å². The van der Waals surface area contributed by atoms with Crippen LogP contribution in [0.2, 0.25) is 0 Å². The highest BCUT2D eigenvalue weighted by molar-refractivity contribution is 5.58. The number of nitrogen functional groups attached to an aromatic ring is 1. The lowest BCUT2D eigenvalue weighted by Crippen LogP contribution is -1.88. The minimum absolute atomic E-state index is 0.0134. The van der Waals surface area contributed by atoms with Crippen molar-refractivity contribution < 1.29 is 9.45 Å². The molecule has 2 heterocycles. The van der Waals surface area contributed by atoms with E-state index in [2.05, 4.69) is 25.3 Å². The Morgan fingerprint density at radius 3 is 2.60 bits per heavy atom. The van der Waals surface area contributed by atoms with E-state index < -0.39 is 4.92 Å². The van der Waals surface area contributed by atoms with Crippen molar-refractivity contribution in [2.24, 2.45) is 0 Å². The van der Waals surface area contributed by atoms with E-state index in [0.717, 1.165) is 0 Å². The second kappa shape index (κ2) is 4.42. The van der Waals surface area contributed by atoms with Crippen molar-refractivity contribution in [3.05, 3.63) is 34.4 Å². The third kappa shape index (κ3) is 2.05. The third-order valence-electron chi connectivity index (χ3n) is 2.47. The lowest BCUT2D eigenvalue weighted by molar-refractivity contribution is -0.384. The number of aromatic amines is 1. The summed E-state index contributed by atoms with van der Waals surface area (Å²) < 4.78 is 5.01. The van der Waals surface area contributed by atoms with E-state index in [9.17, 15) is 10.1 Å². The van der Waals surface area contributed by atoms with Gasteiger partial charge in [0, 0.05) is 17.7 Å². The SMILES string of the molecule is Nc1n[nH]c(-c2nc(-c3ccc([N+](=O)[O-])cc3)no2)n1. The molecule has 0 fully saturated rings. The van der Waals surface area contributed by atoms with Crippen molar-refractivity contribution in [2.45, 2.75) is 0 Å². The number of hydrogen-bond acceptors (Lipinski definition) is 8. The van der Waals surface area contributed by atoms with Gasteiger partial charge in [0.1, 0.15) is 0 Å². The lowest BCUT2D eigenvalue weighted by Gasteiger charge is -1.93. The van der Waals surface area contributed by atoms with Gasteiger partial charge in [-0.25, -0.2) is 0 Å². The molecule has 0 bridgehead atoms. The Labute approximate surface area is 110 Å². The van der Waals surface area contributed by atoms with Crippen LogP contribution in [0.4, 0.5) is 11.6 Å². The molecular formula is C10H7N7O3. The van der Waals surface area contributed by atoms with Crippen LogP contribution in [0.1, 0.15) is 0 Å². The number of aromatic nitrogens is 5. The van der Waals surface area contributed by atoms with E-state index in [4.69, 9.17) is 10.3 Å². The fourth-order valence-electron chi connectivity index (χ4n) is 1.54. The highest BCUT2D eigenvalue weighted by atomic mass is 16.6. The summed E-state index contributed by atoms with van der Waals surface area (Å²) >= 11 is 0. The van der Waals surface area contributed by atoms with Crippen LogP contribution in [0.5, 0.6) is 0 Å². The third-order valence-corrected chi connectivity index (χ3v) is 2.47. The van der Waals surface area contributed by atoms with Gasteiger partial charge in [0.25, 0.3) is 11.6 Å². The van der Waals surface area contributed by atoms with Crippen LogP contribution in [0.25, 0.3) is 23.1 Å². The van der Waals surface area contributed by atoms with Gasteiger partial charge in [-0.1, -0.05) is 5.16 Å². The van der Waals surface area contributed by atoms with E-state index >= 15 is 0 Å². The second-order valence-corrected chi connectivity index (χ2v) is 3.77. The molecule has 0 amide bonds. The van der Waals surface area contributed by atoms with Crippen molar-refractivity contribution in [1.29, 1.82) is 0 Å². The van der Waals surface area contributed by atoms with Gasteiger partial charge in [0.2, 0.25) is 17.6 Å². The highest BCUT2D eigenvalue weighted by Gasteiger charge is 2.14. The normalized spacial score (nSPS) is 10.6. The molecule has 3 N–H and O–H groups in total. The van der Waals surface area contributed by atoms with Crippen LogP contribution in [0.15, 0.2) is 28.8 Å². The van der Waals surface area contributed by atoms with Gasteiger partial charge < -0.3 is 10.3 Å². The lowest BCUT2D eigenvalue weighted by atomic mass is 10.2.